The summed E-state index contributed by atoms with van der Waals surface area (Å²) in [6.07, 6.45) is 0.0254. The molecule has 1 heterocycles. The summed E-state index contributed by atoms with van der Waals surface area (Å²) in [6.45, 7) is 1.75. The van der Waals surface area contributed by atoms with Crippen molar-refractivity contribution in [2.45, 2.75) is 13.3 Å². The normalized spacial score (nSPS) is 10.9. The number of ketones is 1. The van der Waals surface area contributed by atoms with Crippen molar-refractivity contribution < 1.29 is 13.6 Å². The topological polar surface area (TPSA) is 43.1 Å². The van der Waals surface area contributed by atoms with Gasteiger partial charge in [0, 0.05) is 5.56 Å². The highest BCUT2D eigenvalue weighted by molar-refractivity contribution is 5.97. The lowest BCUT2D eigenvalue weighted by molar-refractivity contribution is 0.0985. The van der Waals surface area contributed by atoms with Gasteiger partial charge in [-0.2, -0.15) is 0 Å². The average Bonchev–Trinajstić information content (AvgIpc) is 2.79. The molecule has 0 amide bonds. The Bertz CT molecular complexity index is 739. The molecule has 0 fully saturated rings. The standard InChI is InChI=1S/C16H12FNO2/c1-10-6-11(8-12(17)7-10)14(19)9-16-18-13-4-2-3-5-15(13)20-16/h2-8H,9H2,1H3. The Balaban J connectivity index is 1.88. The Kier molecular flexibility index (Phi) is 3.06. The van der Waals surface area contributed by atoms with Crippen molar-refractivity contribution in [3.8, 4) is 0 Å². The molecular formula is C16H12FNO2. The smallest absolute Gasteiger partial charge is 0.203 e. The van der Waals surface area contributed by atoms with Crippen molar-refractivity contribution in [2.24, 2.45) is 0 Å². The van der Waals surface area contributed by atoms with E-state index < -0.39 is 5.82 Å². The van der Waals surface area contributed by atoms with Gasteiger partial charge in [0.2, 0.25) is 5.89 Å². The van der Waals surface area contributed by atoms with E-state index >= 15 is 0 Å². The van der Waals surface area contributed by atoms with Crippen molar-refractivity contribution in [3.05, 3.63) is 65.3 Å². The van der Waals surface area contributed by atoms with E-state index in [1.54, 1.807) is 19.1 Å². The van der Waals surface area contributed by atoms with Gasteiger partial charge in [-0.3, -0.25) is 4.79 Å². The number of hydrogen-bond acceptors (Lipinski definition) is 3. The number of oxazole rings is 1. The van der Waals surface area contributed by atoms with Crippen LogP contribution >= 0.6 is 0 Å². The maximum absolute atomic E-state index is 13.3. The fourth-order valence-corrected chi connectivity index (χ4v) is 2.13. The van der Waals surface area contributed by atoms with Gasteiger partial charge >= 0.3 is 0 Å². The second-order valence-corrected chi connectivity index (χ2v) is 4.69. The number of para-hydroxylation sites is 2. The molecule has 0 spiro atoms. The van der Waals surface area contributed by atoms with E-state index in [2.05, 4.69) is 4.98 Å². The van der Waals surface area contributed by atoms with Gasteiger partial charge in [0.05, 0.1) is 6.42 Å². The Labute approximate surface area is 115 Å². The summed E-state index contributed by atoms with van der Waals surface area (Å²) in [4.78, 5) is 16.4. The molecule has 0 N–H and O–H groups in total. The molecule has 4 heteroatoms. The summed E-state index contributed by atoms with van der Waals surface area (Å²) in [5.41, 5.74) is 2.41. The molecule has 100 valence electrons. The van der Waals surface area contributed by atoms with Gasteiger partial charge in [-0.25, -0.2) is 9.37 Å². The van der Waals surface area contributed by atoms with Gasteiger partial charge in [0.1, 0.15) is 11.3 Å². The molecular weight excluding hydrogens is 257 g/mol. The highest BCUT2D eigenvalue weighted by atomic mass is 19.1. The Morgan fingerprint density at radius 1 is 1.25 bits per heavy atom. The highest BCUT2D eigenvalue weighted by Crippen LogP contribution is 2.17. The lowest BCUT2D eigenvalue weighted by Gasteiger charge is -2.01. The lowest BCUT2D eigenvalue weighted by Crippen LogP contribution is -2.04. The molecule has 0 unspecified atom stereocenters. The molecule has 3 aromatic rings. The van der Waals surface area contributed by atoms with Crippen LogP contribution in [0.1, 0.15) is 21.8 Å². The first-order chi connectivity index (χ1) is 9.61. The first-order valence-electron chi connectivity index (χ1n) is 6.27. The number of aromatic nitrogens is 1. The summed E-state index contributed by atoms with van der Waals surface area (Å²) in [7, 11) is 0. The first-order valence-corrected chi connectivity index (χ1v) is 6.27. The van der Waals surface area contributed by atoms with Gasteiger partial charge in [-0.05, 0) is 42.8 Å². The van der Waals surface area contributed by atoms with Crippen molar-refractivity contribution in [1.82, 2.24) is 4.98 Å². The zero-order valence-electron chi connectivity index (χ0n) is 10.9. The molecule has 0 saturated carbocycles. The summed E-state index contributed by atoms with van der Waals surface area (Å²) in [6, 6.07) is 11.6. The highest BCUT2D eigenvalue weighted by Gasteiger charge is 2.13. The largest absolute Gasteiger partial charge is 0.440 e. The summed E-state index contributed by atoms with van der Waals surface area (Å²) < 4.78 is 18.8. The van der Waals surface area contributed by atoms with E-state index in [0.717, 1.165) is 0 Å². The fourth-order valence-electron chi connectivity index (χ4n) is 2.13. The maximum Gasteiger partial charge on any atom is 0.203 e. The average molecular weight is 269 g/mol. The molecule has 20 heavy (non-hydrogen) atoms. The number of carbonyl (C=O) groups is 1. The Morgan fingerprint density at radius 3 is 2.80 bits per heavy atom. The summed E-state index contributed by atoms with van der Waals surface area (Å²) in [5, 5.41) is 0. The molecule has 0 atom stereocenters. The van der Waals surface area contributed by atoms with Gasteiger partial charge in [-0.1, -0.05) is 12.1 Å². The third-order valence-electron chi connectivity index (χ3n) is 3.01. The number of carbonyl (C=O) groups excluding carboxylic acids is 1. The zero-order valence-corrected chi connectivity index (χ0v) is 10.9. The lowest BCUT2D eigenvalue weighted by atomic mass is 10.1. The van der Waals surface area contributed by atoms with Crippen LogP contribution in [0.15, 0.2) is 46.9 Å². The van der Waals surface area contributed by atoms with E-state index in [1.165, 1.54) is 12.1 Å². The molecule has 0 bridgehead atoms. The van der Waals surface area contributed by atoms with Crippen LogP contribution in [0.4, 0.5) is 4.39 Å². The van der Waals surface area contributed by atoms with Crippen LogP contribution in [0.3, 0.4) is 0 Å². The molecule has 0 radical (unpaired) electrons. The molecule has 2 aromatic carbocycles. The van der Waals surface area contributed by atoms with E-state index in [-0.39, 0.29) is 12.2 Å². The third-order valence-corrected chi connectivity index (χ3v) is 3.01. The molecule has 0 aliphatic heterocycles. The number of halogens is 1. The van der Waals surface area contributed by atoms with E-state index in [0.29, 0.717) is 28.1 Å². The van der Waals surface area contributed by atoms with Crippen molar-refractivity contribution >= 4 is 16.9 Å². The van der Waals surface area contributed by atoms with Gasteiger partial charge < -0.3 is 4.42 Å². The number of hydrogen-bond donors (Lipinski definition) is 0. The Morgan fingerprint density at radius 2 is 2.05 bits per heavy atom. The molecule has 3 rings (SSSR count). The predicted octanol–water partition coefficient (Wildman–Crippen LogP) is 3.70. The first kappa shape index (κ1) is 12.5. The minimum atomic E-state index is -0.411. The predicted molar refractivity (Wildman–Crippen MR) is 73.2 cm³/mol. The maximum atomic E-state index is 13.3. The molecule has 0 saturated heterocycles. The van der Waals surface area contributed by atoms with Crippen LogP contribution in [-0.2, 0) is 6.42 Å². The Hall–Kier alpha value is -2.49. The van der Waals surface area contributed by atoms with Gasteiger partial charge in [0.15, 0.2) is 11.4 Å². The van der Waals surface area contributed by atoms with Crippen LogP contribution in [0.25, 0.3) is 11.1 Å². The number of benzene rings is 2. The SMILES string of the molecule is Cc1cc(F)cc(C(=O)Cc2nc3ccccc3o2)c1. The van der Waals surface area contributed by atoms with E-state index in [1.807, 2.05) is 18.2 Å². The number of Topliss-reactive ketones (excluding diaryl/α,β-unsaturated/α-hetero) is 1. The zero-order chi connectivity index (χ0) is 14.1. The quantitative estimate of drug-likeness (QED) is 0.681. The third kappa shape index (κ3) is 2.45. The molecule has 3 nitrogen and oxygen atoms in total. The van der Waals surface area contributed by atoms with Crippen LogP contribution in [0.2, 0.25) is 0 Å². The number of rotatable bonds is 3. The monoisotopic (exact) mass is 269 g/mol. The van der Waals surface area contributed by atoms with E-state index in [9.17, 15) is 9.18 Å². The summed E-state index contributed by atoms with van der Waals surface area (Å²) in [5.74, 6) is -0.275. The minimum Gasteiger partial charge on any atom is -0.440 e. The van der Waals surface area contributed by atoms with Crippen LogP contribution in [0.5, 0.6) is 0 Å². The van der Waals surface area contributed by atoms with E-state index in [4.69, 9.17) is 4.42 Å². The fraction of sp³-hybridized carbons (Fsp3) is 0.125. The van der Waals surface area contributed by atoms with Gasteiger partial charge in [-0.15, -0.1) is 0 Å². The van der Waals surface area contributed by atoms with Crippen molar-refractivity contribution in [2.75, 3.05) is 0 Å². The van der Waals surface area contributed by atoms with Crippen molar-refractivity contribution in [3.63, 3.8) is 0 Å². The number of fused-ring (bicyclic) bond motifs is 1. The second kappa shape index (κ2) is 4.89. The van der Waals surface area contributed by atoms with Crippen LogP contribution in [-0.4, -0.2) is 10.8 Å². The molecule has 0 aliphatic rings. The number of nitrogens with zero attached hydrogens (tertiary/aromatic N) is 1. The molecule has 1 aromatic heterocycles. The second-order valence-electron chi connectivity index (χ2n) is 4.69. The molecule has 0 aliphatic carbocycles. The number of aryl methyl sites for hydroxylation is 1. The summed E-state index contributed by atoms with van der Waals surface area (Å²) >= 11 is 0. The van der Waals surface area contributed by atoms with Gasteiger partial charge in [0.25, 0.3) is 0 Å². The van der Waals surface area contributed by atoms with Crippen LogP contribution in [0, 0.1) is 12.7 Å². The van der Waals surface area contributed by atoms with Crippen molar-refractivity contribution in [1.29, 1.82) is 0 Å². The van der Waals surface area contributed by atoms with Crippen LogP contribution < -0.4 is 0 Å². The minimum absolute atomic E-state index is 0.0254.